The highest BCUT2D eigenvalue weighted by molar-refractivity contribution is 7.89. The zero-order valence-electron chi connectivity index (χ0n) is 16.0. The van der Waals surface area contributed by atoms with E-state index in [9.17, 15) is 13.2 Å². The van der Waals surface area contributed by atoms with Crippen LogP contribution in [0.1, 0.15) is 23.9 Å². The standard InChI is InChI=1S/C20H20N4O4S/c1-13-4-3-5-16(10-13)20-22-19(28-23-20)12-21-29(26,27)17-6-7-18-15(11-17)8-9-24(18)14(2)25/h3-7,10-11,21H,8-9,12H2,1-2H3. The van der Waals surface area contributed by atoms with Crippen LogP contribution in [0.25, 0.3) is 11.4 Å². The smallest absolute Gasteiger partial charge is 0.242 e. The van der Waals surface area contributed by atoms with Gasteiger partial charge in [0.15, 0.2) is 0 Å². The van der Waals surface area contributed by atoms with Crippen LogP contribution in [0.3, 0.4) is 0 Å². The van der Waals surface area contributed by atoms with Gasteiger partial charge in [-0.3, -0.25) is 4.79 Å². The number of carbonyl (C=O) groups is 1. The molecule has 0 saturated heterocycles. The Morgan fingerprint density at radius 1 is 1.24 bits per heavy atom. The number of rotatable bonds is 5. The van der Waals surface area contributed by atoms with Crippen LogP contribution >= 0.6 is 0 Å². The zero-order chi connectivity index (χ0) is 20.6. The van der Waals surface area contributed by atoms with E-state index in [2.05, 4.69) is 14.9 Å². The van der Waals surface area contributed by atoms with E-state index in [0.717, 1.165) is 22.4 Å². The quantitative estimate of drug-likeness (QED) is 0.690. The lowest BCUT2D eigenvalue weighted by Gasteiger charge is -2.14. The highest BCUT2D eigenvalue weighted by Gasteiger charge is 2.25. The van der Waals surface area contributed by atoms with Gasteiger partial charge in [-0.2, -0.15) is 4.98 Å². The summed E-state index contributed by atoms with van der Waals surface area (Å²) in [5.74, 6) is 0.525. The molecule has 9 heteroatoms. The number of hydrogen-bond acceptors (Lipinski definition) is 6. The second kappa shape index (κ2) is 7.41. The molecule has 2 aromatic carbocycles. The minimum Gasteiger partial charge on any atom is -0.338 e. The van der Waals surface area contributed by atoms with Crippen molar-refractivity contribution >= 4 is 21.6 Å². The van der Waals surface area contributed by atoms with Gasteiger partial charge in [-0.25, -0.2) is 13.1 Å². The van der Waals surface area contributed by atoms with Gasteiger partial charge in [0.25, 0.3) is 0 Å². The van der Waals surface area contributed by atoms with Gasteiger partial charge in [-0.1, -0.05) is 28.9 Å². The third-order valence-electron chi connectivity index (χ3n) is 4.79. The number of aryl methyl sites for hydroxylation is 1. The minimum atomic E-state index is -3.76. The molecule has 2 heterocycles. The maximum atomic E-state index is 12.7. The van der Waals surface area contributed by atoms with Gasteiger partial charge in [-0.15, -0.1) is 0 Å². The Labute approximate surface area is 168 Å². The van der Waals surface area contributed by atoms with Gasteiger partial charge in [0.1, 0.15) is 0 Å². The van der Waals surface area contributed by atoms with Gasteiger partial charge in [0.05, 0.1) is 11.4 Å². The first-order chi connectivity index (χ1) is 13.8. The number of fused-ring (bicyclic) bond motifs is 1. The number of carbonyl (C=O) groups excluding carboxylic acids is 1. The fraction of sp³-hybridized carbons (Fsp3) is 0.250. The van der Waals surface area contributed by atoms with Crippen LogP contribution in [-0.4, -0.2) is 31.0 Å². The van der Waals surface area contributed by atoms with Crippen LogP contribution in [0.15, 0.2) is 51.9 Å². The molecule has 29 heavy (non-hydrogen) atoms. The van der Waals surface area contributed by atoms with Crippen LogP contribution in [0.5, 0.6) is 0 Å². The summed E-state index contributed by atoms with van der Waals surface area (Å²) in [6.45, 7) is 3.91. The summed E-state index contributed by atoms with van der Waals surface area (Å²) in [7, 11) is -3.76. The Morgan fingerprint density at radius 2 is 2.07 bits per heavy atom. The second-order valence-corrected chi connectivity index (χ2v) is 8.68. The number of anilines is 1. The predicted octanol–water partition coefficient (Wildman–Crippen LogP) is 2.43. The van der Waals surface area contributed by atoms with Crippen molar-refractivity contribution in [2.45, 2.75) is 31.7 Å². The van der Waals surface area contributed by atoms with E-state index in [1.165, 1.54) is 13.0 Å². The van der Waals surface area contributed by atoms with E-state index >= 15 is 0 Å². The van der Waals surface area contributed by atoms with Gasteiger partial charge in [0.2, 0.25) is 27.6 Å². The normalized spacial score (nSPS) is 13.5. The molecule has 4 rings (SSSR count). The molecule has 0 atom stereocenters. The highest BCUT2D eigenvalue weighted by Crippen LogP contribution is 2.30. The molecule has 0 radical (unpaired) electrons. The molecule has 0 bridgehead atoms. The molecular formula is C20H20N4O4S. The largest absolute Gasteiger partial charge is 0.338 e. The van der Waals surface area contributed by atoms with Crippen LogP contribution < -0.4 is 9.62 Å². The summed E-state index contributed by atoms with van der Waals surface area (Å²) in [4.78, 5) is 17.7. The molecule has 0 saturated carbocycles. The van der Waals surface area contributed by atoms with Crippen LogP contribution in [0.4, 0.5) is 5.69 Å². The first kappa shape index (κ1) is 19.3. The van der Waals surface area contributed by atoms with E-state index in [1.54, 1.807) is 17.0 Å². The molecular weight excluding hydrogens is 392 g/mol. The van der Waals surface area contributed by atoms with Crippen molar-refractivity contribution in [3.8, 4) is 11.4 Å². The Balaban J connectivity index is 1.48. The summed E-state index contributed by atoms with van der Waals surface area (Å²) >= 11 is 0. The monoisotopic (exact) mass is 412 g/mol. The fourth-order valence-corrected chi connectivity index (χ4v) is 4.37. The van der Waals surface area contributed by atoms with E-state index in [0.29, 0.717) is 18.8 Å². The number of nitrogens with one attached hydrogen (secondary N) is 1. The summed E-state index contributed by atoms with van der Waals surface area (Å²) in [5, 5.41) is 3.91. The summed E-state index contributed by atoms with van der Waals surface area (Å²) in [5.41, 5.74) is 3.46. The molecule has 3 aromatic rings. The minimum absolute atomic E-state index is 0.0571. The molecule has 0 aliphatic carbocycles. The number of hydrogen-bond donors (Lipinski definition) is 1. The zero-order valence-corrected chi connectivity index (χ0v) is 16.9. The van der Waals surface area contributed by atoms with Crippen molar-refractivity contribution in [1.29, 1.82) is 0 Å². The second-order valence-electron chi connectivity index (χ2n) is 6.92. The van der Waals surface area contributed by atoms with Crippen molar-refractivity contribution in [1.82, 2.24) is 14.9 Å². The van der Waals surface area contributed by atoms with E-state index < -0.39 is 10.0 Å². The number of benzene rings is 2. The maximum Gasteiger partial charge on any atom is 0.242 e. The van der Waals surface area contributed by atoms with Gasteiger partial charge in [0, 0.05) is 24.7 Å². The molecule has 0 spiro atoms. The third-order valence-corrected chi connectivity index (χ3v) is 6.19. The van der Waals surface area contributed by atoms with Crippen LogP contribution in [0, 0.1) is 6.92 Å². The third kappa shape index (κ3) is 3.92. The molecule has 0 fully saturated rings. The van der Waals surface area contributed by atoms with Crippen LogP contribution in [-0.2, 0) is 27.8 Å². The predicted molar refractivity (Wildman–Crippen MR) is 107 cm³/mol. The average molecular weight is 412 g/mol. The Morgan fingerprint density at radius 3 is 2.83 bits per heavy atom. The molecule has 1 aromatic heterocycles. The van der Waals surface area contributed by atoms with Crippen molar-refractivity contribution in [2.75, 3.05) is 11.4 Å². The SMILES string of the molecule is CC(=O)N1CCc2cc(S(=O)(=O)NCc3nc(-c4cccc(C)c4)no3)ccc21. The van der Waals surface area contributed by atoms with Crippen molar-refractivity contribution in [3.63, 3.8) is 0 Å². The average Bonchev–Trinajstić information content (AvgIpc) is 3.33. The first-order valence-corrected chi connectivity index (χ1v) is 10.6. The number of nitrogens with zero attached hydrogens (tertiary/aromatic N) is 3. The number of aromatic nitrogens is 2. The molecule has 0 unspecified atom stereocenters. The van der Waals surface area contributed by atoms with Crippen molar-refractivity contribution in [3.05, 3.63) is 59.5 Å². The van der Waals surface area contributed by atoms with Crippen molar-refractivity contribution in [2.24, 2.45) is 0 Å². The lowest BCUT2D eigenvalue weighted by molar-refractivity contribution is -0.116. The van der Waals surface area contributed by atoms with E-state index in [4.69, 9.17) is 4.52 Å². The summed E-state index contributed by atoms with van der Waals surface area (Å²) in [6.07, 6.45) is 0.627. The Bertz CT molecular complexity index is 1190. The fourth-order valence-electron chi connectivity index (χ4n) is 3.34. The lowest BCUT2D eigenvalue weighted by atomic mass is 10.1. The topological polar surface area (TPSA) is 105 Å². The van der Waals surface area contributed by atoms with Crippen LogP contribution in [0.2, 0.25) is 0 Å². The lowest BCUT2D eigenvalue weighted by Crippen LogP contribution is -2.26. The number of amides is 1. The number of sulfonamides is 1. The first-order valence-electron chi connectivity index (χ1n) is 9.14. The summed E-state index contributed by atoms with van der Waals surface area (Å²) in [6, 6.07) is 12.4. The van der Waals surface area contributed by atoms with Gasteiger partial charge >= 0.3 is 0 Å². The molecule has 1 aliphatic heterocycles. The molecule has 1 N–H and O–H groups in total. The Hall–Kier alpha value is -3.04. The highest BCUT2D eigenvalue weighted by atomic mass is 32.2. The van der Waals surface area contributed by atoms with Gasteiger partial charge < -0.3 is 9.42 Å². The van der Waals surface area contributed by atoms with E-state index in [1.807, 2.05) is 31.2 Å². The summed E-state index contributed by atoms with van der Waals surface area (Å²) < 4.78 is 33.0. The molecule has 8 nitrogen and oxygen atoms in total. The Kier molecular flexibility index (Phi) is 4.93. The van der Waals surface area contributed by atoms with E-state index in [-0.39, 0.29) is 23.2 Å². The van der Waals surface area contributed by atoms with Crippen molar-refractivity contribution < 1.29 is 17.7 Å². The maximum absolute atomic E-state index is 12.7. The molecule has 1 aliphatic rings. The van der Waals surface area contributed by atoms with Gasteiger partial charge in [-0.05, 0) is 43.2 Å². The molecule has 1 amide bonds. The molecule has 150 valence electrons.